The van der Waals surface area contributed by atoms with E-state index in [0.717, 1.165) is 10.8 Å². The quantitative estimate of drug-likeness (QED) is 0.580. The Labute approximate surface area is 185 Å². The number of sulfonamides is 1. The van der Waals surface area contributed by atoms with Crippen molar-refractivity contribution in [2.45, 2.75) is 17.7 Å². The Balaban J connectivity index is 1.44. The van der Waals surface area contributed by atoms with E-state index in [1.807, 2.05) is 30.3 Å². The smallest absolute Gasteiger partial charge is 0.243 e. The number of carbonyl (C=O) groups is 1. The Morgan fingerprint density at radius 3 is 2.37 bits per heavy atom. The fourth-order valence-corrected chi connectivity index (χ4v) is 5.52. The predicted octanol–water partition coefficient (Wildman–Crippen LogP) is 5.19. The Morgan fingerprint density at radius 1 is 0.933 bits per heavy atom. The molecule has 1 saturated heterocycles. The number of piperidine rings is 1. The normalized spacial score (nSPS) is 15.9. The molecule has 0 saturated carbocycles. The van der Waals surface area contributed by atoms with E-state index in [2.05, 4.69) is 5.32 Å². The van der Waals surface area contributed by atoms with Crippen LogP contribution in [0.25, 0.3) is 10.8 Å². The number of hydrogen-bond donors (Lipinski definition) is 1. The summed E-state index contributed by atoms with van der Waals surface area (Å²) in [4.78, 5) is 12.9. The molecule has 0 bridgehead atoms. The maximum Gasteiger partial charge on any atom is 0.243 e. The van der Waals surface area contributed by atoms with Crippen LogP contribution in [0.15, 0.2) is 65.6 Å². The van der Waals surface area contributed by atoms with Crippen LogP contribution in [0.3, 0.4) is 0 Å². The van der Waals surface area contributed by atoms with Gasteiger partial charge in [-0.05, 0) is 47.9 Å². The first-order chi connectivity index (χ1) is 14.4. The van der Waals surface area contributed by atoms with Crippen molar-refractivity contribution in [1.29, 1.82) is 0 Å². The van der Waals surface area contributed by atoms with E-state index in [1.165, 1.54) is 4.31 Å². The third-order valence-electron chi connectivity index (χ3n) is 5.39. The monoisotopic (exact) mass is 462 g/mol. The number of fused-ring (bicyclic) bond motifs is 1. The number of carbonyl (C=O) groups excluding carboxylic acids is 1. The summed E-state index contributed by atoms with van der Waals surface area (Å²) in [6.45, 7) is 0.576. The van der Waals surface area contributed by atoms with E-state index in [-0.39, 0.29) is 29.8 Å². The second-order valence-corrected chi connectivity index (χ2v) is 10.0. The minimum atomic E-state index is -3.61. The molecule has 156 valence electrons. The van der Waals surface area contributed by atoms with Crippen molar-refractivity contribution < 1.29 is 13.2 Å². The van der Waals surface area contributed by atoms with Gasteiger partial charge in [-0.15, -0.1) is 0 Å². The third kappa shape index (κ3) is 4.18. The van der Waals surface area contributed by atoms with Crippen molar-refractivity contribution in [3.63, 3.8) is 0 Å². The molecule has 3 aromatic rings. The lowest BCUT2D eigenvalue weighted by Gasteiger charge is -2.30. The van der Waals surface area contributed by atoms with Crippen molar-refractivity contribution >= 4 is 55.6 Å². The molecule has 5 nitrogen and oxygen atoms in total. The molecule has 30 heavy (non-hydrogen) atoms. The molecule has 0 unspecified atom stereocenters. The number of nitrogens with zero attached hydrogens (tertiary/aromatic N) is 1. The molecular weight excluding hydrogens is 443 g/mol. The van der Waals surface area contributed by atoms with Crippen molar-refractivity contribution in [2.24, 2.45) is 5.92 Å². The van der Waals surface area contributed by atoms with Crippen LogP contribution in [-0.4, -0.2) is 31.7 Å². The third-order valence-corrected chi connectivity index (χ3v) is 8.11. The maximum atomic E-state index is 13.1. The number of benzene rings is 3. The minimum absolute atomic E-state index is 0.179. The fourth-order valence-electron chi connectivity index (χ4n) is 3.67. The zero-order valence-corrected chi connectivity index (χ0v) is 18.3. The summed E-state index contributed by atoms with van der Waals surface area (Å²) >= 11 is 12.1. The average Bonchev–Trinajstić information content (AvgIpc) is 2.76. The Hall–Kier alpha value is -2.12. The molecule has 4 rings (SSSR count). The summed E-state index contributed by atoms with van der Waals surface area (Å²) < 4.78 is 27.6. The summed E-state index contributed by atoms with van der Waals surface area (Å²) in [6, 6.07) is 17.8. The molecule has 0 spiro atoms. The second-order valence-electron chi connectivity index (χ2n) is 7.28. The highest BCUT2D eigenvalue weighted by atomic mass is 35.5. The number of anilines is 1. The Kier molecular flexibility index (Phi) is 6.02. The lowest BCUT2D eigenvalue weighted by atomic mass is 9.97. The summed E-state index contributed by atoms with van der Waals surface area (Å²) in [6.07, 6.45) is 0.883. The molecule has 3 aromatic carbocycles. The van der Waals surface area contributed by atoms with E-state index in [0.29, 0.717) is 28.6 Å². The van der Waals surface area contributed by atoms with Gasteiger partial charge in [0.1, 0.15) is 0 Å². The topological polar surface area (TPSA) is 66.5 Å². The van der Waals surface area contributed by atoms with Crippen LogP contribution in [0, 0.1) is 5.92 Å². The molecule has 0 radical (unpaired) electrons. The maximum absolute atomic E-state index is 13.1. The van der Waals surface area contributed by atoms with Gasteiger partial charge in [-0.2, -0.15) is 4.31 Å². The van der Waals surface area contributed by atoms with Crippen LogP contribution in [-0.2, 0) is 14.8 Å². The van der Waals surface area contributed by atoms with Crippen LogP contribution in [0.5, 0.6) is 0 Å². The SMILES string of the molecule is O=C(Nc1cccc(Cl)c1Cl)C1CCN(S(=O)(=O)c2ccc3ccccc3c2)CC1. The summed E-state index contributed by atoms with van der Waals surface area (Å²) in [5.74, 6) is -0.468. The number of hydrogen-bond acceptors (Lipinski definition) is 3. The fraction of sp³-hybridized carbons (Fsp3) is 0.227. The van der Waals surface area contributed by atoms with Gasteiger partial charge in [-0.25, -0.2) is 8.42 Å². The van der Waals surface area contributed by atoms with Crippen LogP contribution >= 0.6 is 23.2 Å². The van der Waals surface area contributed by atoms with Gasteiger partial charge in [0.15, 0.2) is 0 Å². The number of rotatable bonds is 4. The van der Waals surface area contributed by atoms with Gasteiger partial charge in [0.05, 0.1) is 20.6 Å². The first kappa shape index (κ1) is 21.1. The largest absolute Gasteiger partial charge is 0.324 e. The molecule has 1 fully saturated rings. The highest BCUT2D eigenvalue weighted by Gasteiger charge is 2.32. The van der Waals surface area contributed by atoms with Crippen molar-refractivity contribution in [3.05, 3.63) is 70.7 Å². The Morgan fingerprint density at radius 2 is 1.63 bits per heavy atom. The Bertz CT molecular complexity index is 1210. The zero-order chi connectivity index (χ0) is 21.3. The molecule has 1 heterocycles. The van der Waals surface area contributed by atoms with Crippen LogP contribution < -0.4 is 5.32 Å². The van der Waals surface area contributed by atoms with Gasteiger partial charge >= 0.3 is 0 Å². The number of nitrogens with one attached hydrogen (secondary N) is 1. The molecule has 1 aliphatic rings. The summed E-state index contributed by atoms with van der Waals surface area (Å²) in [5, 5.41) is 5.34. The van der Waals surface area contributed by atoms with E-state index < -0.39 is 10.0 Å². The summed E-state index contributed by atoms with van der Waals surface area (Å²) in [7, 11) is -3.61. The van der Waals surface area contributed by atoms with E-state index in [4.69, 9.17) is 23.2 Å². The van der Waals surface area contributed by atoms with Crippen LogP contribution in [0.4, 0.5) is 5.69 Å². The molecule has 1 amide bonds. The van der Waals surface area contributed by atoms with E-state index in [1.54, 1.807) is 30.3 Å². The number of halogens is 2. The molecule has 1 aliphatic heterocycles. The van der Waals surface area contributed by atoms with E-state index in [9.17, 15) is 13.2 Å². The molecule has 0 aromatic heterocycles. The average molecular weight is 463 g/mol. The molecule has 8 heteroatoms. The van der Waals surface area contributed by atoms with Gasteiger partial charge in [-0.3, -0.25) is 4.79 Å². The zero-order valence-electron chi connectivity index (χ0n) is 16.0. The lowest BCUT2D eigenvalue weighted by molar-refractivity contribution is -0.120. The molecule has 1 N–H and O–H groups in total. The molecule has 0 aliphatic carbocycles. The highest BCUT2D eigenvalue weighted by molar-refractivity contribution is 7.89. The second kappa shape index (κ2) is 8.55. The van der Waals surface area contributed by atoms with Crippen molar-refractivity contribution in [2.75, 3.05) is 18.4 Å². The number of amides is 1. The van der Waals surface area contributed by atoms with Gasteiger partial charge in [0, 0.05) is 19.0 Å². The van der Waals surface area contributed by atoms with Gasteiger partial charge < -0.3 is 5.32 Å². The standard InChI is InChI=1S/C22H20Cl2N2O3S/c23-19-6-3-7-20(21(19)24)25-22(27)16-10-12-26(13-11-16)30(28,29)18-9-8-15-4-1-2-5-17(15)14-18/h1-9,14,16H,10-13H2,(H,25,27). The van der Waals surface area contributed by atoms with E-state index >= 15 is 0 Å². The first-order valence-electron chi connectivity index (χ1n) is 9.60. The molecule has 0 atom stereocenters. The first-order valence-corrected chi connectivity index (χ1v) is 11.8. The lowest BCUT2D eigenvalue weighted by Crippen LogP contribution is -2.41. The van der Waals surface area contributed by atoms with Gasteiger partial charge in [0.25, 0.3) is 0 Å². The summed E-state index contributed by atoms with van der Waals surface area (Å²) in [5.41, 5.74) is 0.459. The van der Waals surface area contributed by atoms with Crippen molar-refractivity contribution in [3.8, 4) is 0 Å². The van der Waals surface area contributed by atoms with Gasteiger partial charge in [0.2, 0.25) is 15.9 Å². The van der Waals surface area contributed by atoms with Crippen LogP contribution in [0.1, 0.15) is 12.8 Å². The van der Waals surface area contributed by atoms with Gasteiger partial charge in [-0.1, -0.05) is 59.6 Å². The van der Waals surface area contributed by atoms with Crippen molar-refractivity contribution in [1.82, 2.24) is 4.31 Å². The van der Waals surface area contributed by atoms with Crippen LogP contribution in [0.2, 0.25) is 10.0 Å². The highest BCUT2D eigenvalue weighted by Crippen LogP contribution is 2.31. The predicted molar refractivity (Wildman–Crippen MR) is 121 cm³/mol. The molecular formula is C22H20Cl2N2O3S. The minimum Gasteiger partial charge on any atom is -0.324 e.